The van der Waals surface area contributed by atoms with Crippen LogP contribution in [0.3, 0.4) is 0 Å². The number of halogens is 2. The van der Waals surface area contributed by atoms with Crippen LogP contribution in [0.15, 0.2) is 42.5 Å². The first-order valence-corrected chi connectivity index (χ1v) is 7.05. The molecule has 0 atom stereocenters. The Hall–Kier alpha value is -2.76. The Morgan fingerprint density at radius 3 is 2.30 bits per heavy atom. The van der Waals surface area contributed by atoms with Crippen LogP contribution in [0.5, 0.6) is 0 Å². The molecule has 120 valence electrons. The summed E-state index contributed by atoms with van der Waals surface area (Å²) in [4.78, 5) is 22.7. The summed E-state index contributed by atoms with van der Waals surface area (Å²) in [5.74, 6) is -2.64. The van der Waals surface area contributed by atoms with Gasteiger partial charge in [-0.3, -0.25) is 9.59 Å². The fourth-order valence-corrected chi connectivity index (χ4v) is 2.02. The summed E-state index contributed by atoms with van der Waals surface area (Å²) in [5.41, 5.74) is 1.75. The van der Waals surface area contributed by atoms with Crippen molar-refractivity contribution >= 4 is 17.5 Å². The first-order chi connectivity index (χ1) is 11.0. The minimum atomic E-state index is -1.05. The van der Waals surface area contributed by atoms with E-state index < -0.39 is 17.5 Å². The fourth-order valence-electron chi connectivity index (χ4n) is 2.02. The van der Waals surface area contributed by atoms with E-state index in [4.69, 9.17) is 0 Å². The van der Waals surface area contributed by atoms with Crippen molar-refractivity contribution in [1.29, 1.82) is 0 Å². The molecule has 4 nitrogen and oxygen atoms in total. The van der Waals surface area contributed by atoms with E-state index in [0.29, 0.717) is 18.7 Å². The van der Waals surface area contributed by atoms with Crippen molar-refractivity contribution in [2.75, 3.05) is 11.9 Å². The largest absolute Gasteiger partial charge is 0.352 e. The van der Waals surface area contributed by atoms with Crippen LogP contribution in [0.4, 0.5) is 14.5 Å². The summed E-state index contributed by atoms with van der Waals surface area (Å²) in [6.07, 6.45) is 0.579. The van der Waals surface area contributed by atoms with E-state index in [9.17, 15) is 18.4 Å². The second kappa shape index (κ2) is 7.49. The van der Waals surface area contributed by atoms with Crippen LogP contribution >= 0.6 is 0 Å². The van der Waals surface area contributed by atoms with Crippen molar-refractivity contribution in [2.45, 2.75) is 13.3 Å². The van der Waals surface area contributed by atoms with Gasteiger partial charge in [0.1, 0.15) is 0 Å². The van der Waals surface area contributed by atoms with Gasteiger partial charge in [0.25, 0.3) is 5.91 Å². The van der Waals surface area contributed by atoms with E-state index >= 15 is 0 Å². The van der Waals surface area contributed by atoms with E-state index in [1.54, 1.807) is 12.1 Å². The average molecular weight is 318 g/mol. The van der Waals surface area contributed by atoms with E-state index in [1.165, 1.54) is 13.0 Å². The quantitative estimate of drug-likeness (QED) is 0.890. The van der Waals surface area contributed by atoms with Crippen molar-refractivity contribution in [3.63, 3.8) is 0 Å². The molecule has 0 aliphatic rings. The fraction of sp³-hybridized carbons (Fsp3) is 0.176. The molecule has 0 unspecified atom stereocenters. The lowest BCUT2D eigenvalue weighted by molar-refractivity contribution is -0.114. The van der Waals surface area contributed by atoms with Crippen LogP contribution in [0.2, 0.25) is 0 Å². The van der Waals surface area contributed by atoms with Gasteiger partial charge in [0.05, 0.1) is 0 Å². The predicted octanol–water partition coefficient (Wildman–Crippen LogP) is 2.90. The van der Waals surface area contributed by atoms with E-state index in [0.717, 1.165) is 17.7 Å². The Labute approximate surface area is 132 Å². The van der Waals surface area contributed by atoms with Gasteiger partial charge in [-0.05, 0) is 42.3 Å². The summed E-state index contributed by atoms with van der Waals surface area (Å²) < 4.78 is 25.9. The third-order valence-corrected chi connectivity index (χ3v) is 3.16. The van der Waals surface area contributed by atoms with E-state index in [-0.39, 0.29) is 11.5 Å². The number of hydrogen-bond acceptors (Lipinski definition) is 2. The standard InChI is InChI=1S/C17H16F2N2O2/c1-11(22)21-14-5-2-12(3-6-14)8-9-20-17(23)13-4-7-15(18)16(19)10-13/h2-7,10H,8-9H2,1H3,(H,20,23)(H,21,22). The van der Waals surface area contributed by atoms with Gasteiger partial charge in [0.2, 0.25) is 5.91 Å². The highest BCUT2D eigenvalue weighted by Crippen LogP contribution is 2.10. The number of carbonyl (C=O) groups is 2. The number of anilines is 1. The van der Waals surface area contributed by atoms with Gasteiger partial charge in [0.15, 0.2) is 11.6 Å². The van der Waals surface area contributed by atoms with Gasteiger partial charge in [-0.2, -0.15) is 0 Å². The first-order valence-electron chi connectivity index (χ1n) is 7.05. The minimum absolute atomic E-state index is 0.0740. The van der Waals surface area contributed by atoms with Gasteiger partial charge in [-0.25, -0.2) is 8.78 Å². The monoisotopic (exact) mass is 318 g/mol. The number of amides is 2. The molecule has 2 rings (SSSR count). The van der Waals surface area contributed by atoms with E-state index in [1.807, 2.05) is 12.1 Å². The van der Waals surface area contributed by atoms with Crippen LogP contribution in [0, 0.1) is 11.6 Å². The average Bonchev–Trinajstić information content (AvgIpc) is 2.51. The summed E-state index contributed by atoms with van der Waals surface area (Å²) >= 11 is 0. The lowest BCUT2D eigenvalue weighted by atomic mass is 10.1. The zero-order valence-electron chi connectivity index (χ0n) is 12.5. The molecule has 0 aliphatic carbocycles. The number of nitrogens with one attached hydrogen (secondary N) is 2. The number of carbonyl (C=O) groups excluding carboxylic acids is 2. The Balaban J connectivity index is 1.85. The predicted molar refractivity (Wildman–Crippen MR) is 83.1 cm³/mol. The molecule has 0 aliphatic heterocycles. The van der Waals surface area contributed by atoms with Crippen LogP contribution in [-0.2, 0) is 11.2 Å². The molecule has 2 aromatic carbocycles. The lowest BCUT2D eigenvalue weighted by Gasteiger charge is -2.07. The zero-order chi connectivity index (χ0) is 16.8. The highest BCUT2D eigenvalue weighted by atomic mass is 19.2. The molecular formula is C17H16F2N2O2. The highest BCUT2D eigenvalue weighted by molar-refractivity contribution is 5.94. The van der Waals surface area contributed by atoms with E-state index in [2.05, 4.69) is 10.6 Å². The topological polar surface area (TPSA) is 58.2 Å². The van der Waals surface area contributed by atoms with Crippen LogP contribution in [0.1, 0.15) is 22.8 Å². The van der Waals surface area contributed by atoms with Gasteiger partial charge >= 0.3 is 0 Å². The van der Waals surface area contributed by atoms with Gasteiger partial charge in [-0.1, -0.05) is 12.1 Å². The third-order valence-electron chi connectivity index (χ3n) is 3.16. The smallest absolute Gasteiger partial charge is 0.251 e. The second-order valence-electron chi connectivity index (χ2n) is 5.01. The zero-order valence-corrected chi connectivity index (χ0v) is 12.5. The molecule has 0 aromatic heterocycles. The Morgan fingerprint density at radius 2 is 1.70 bits per heavy atom. The van der Waals surface area contributed by atoms with Crippen molar-refractivity contribution in [3.8, 4) is 0 Å². The normalized spacial score (nSPS) is 10.2. The molecule has 0 saturated heterocycles. The molecule has 6 heteroatoms. The van der Waals surface area contributed by atoms with Crippen molar-refractivity contribution in [3.05, 3.63) is 65.2 Å². The Bertz CT molecular complexity index is 715. The minimum Gasteiger partial charge on any atom is -0.352 e. The summed E-state index contributed by atoms with van der Waals surface area (Å²) in [6, 6.07) is 10.2. The first kappa shape index (κ1) is 16.6. The van der Waals surface area contributed by atoms with Crippen molar-refractivity contribution < 1.29 is 18.4 Å². The van der Waals surface area contributed by atoms with Crippen molar-refractivity contribution in [2.24, 2.45) is 0 Å². The van der Waals surface area contributed by atoms with Crippen LogP contribution in [-0.4, -0.2) is 18.4 Å². The number of benzene rings is 2. The van der Waals surface area contributed by atoms with Gasteiger partial charge < -0.3 is 10.6 Å². The molecule has 0 heterocycles. The molecule has 2 amide bonds. The highest BCUT2D eigenvalue weighted by Gasteiger charge is 2.09. The van der Waals surface area contributed by atoms with Crippen molar-refractivity contribution in [1.82, 2.24) is 5.32 Å². The molecule has 2 N–H and O–H groups in total. The molecular weight excluding hydrogens is 302 g/mol. The maximum absolute atomic E-state index is 13.1. The Morgan fingerprint density at radius 1 is 1.00 bits per heavy atom. The summed E-state index contributed by atoms with van der Waals surface area (Å²) in [5, 5.41) is 5.31. The molecule has 23 heavy (non-hydrogen) atoms. The van der Waals surface area contributed by atoms with Crippen LogP contribution < -0.4 is 10.6 Å². The maximum Gasteiger partial charge on any atom is 0.251 e. The summed E-state index contributed by atoms with van der Waals surface area (Å²) in [7, 11) is 0. The number of rotatable bonds is 5. The number of hydrogen-bond donors (Lipinski definition) is 2. The molecule has 0 spiro atoms. The van der Waals surface area contributed by atoms with Gasteiger partial charge in [0, 0.05) is 24.7 Å². The Kier molecular flexibility index (Phi) is 5.41. The summed E-state index contributed by atoms with van der Waals surface area (Å²) in [6.45, 7) is 1.79. The molecule has 0 radical (unpaired) electrons. The lowest BCUT2D eigenvalue weighted by Crippen LogP contribution is -2.25. The maximum atomic E-state index is 13.1. The molecule has 0 bridgehead atoms. The SMILES string of the molecule is CC(=O)Nc1ccc(CCNC(=O)c2ccc(F)c(F)c2)cc1. The molecule has 0 fully saturated rings. The van der Waals surface area contributed by atoms with Crippen LogP contribution in [0.25, 0.3) is 0 Å². The third kappa shape index (κ3) is 4.88. The molecule has 0 saturated carbocycles. The second-order valence-corrected chi connectivity index (χ2v) is 5.01. The van der Waals surface area contributed by atoms with Gasteiger partial charge in [-0.15, -0.1) is 0 Å². The molecule has 2 aromatic rings.